The van der Waals surface area contributed by atoms with Gasteiger partial charge >= 0.3 is 6.09 Å². The van der Waals surface area contributed by atoms with Crippen LogP contribution in [-0.2, 0) is 25.4 Å². The smallest absolute Gasteiger partial charge is 0.405 e. The number of primary amides is 1. The number of allylic oxidation sites excluding steroid dienone is 2. The Morgan fingerprint density at radius 3 is 2.53 bits per heavy atom. The Morgan fingerprint density at radius 2 is 1.95 bits per heavy atom. The van der Waals surface area contributed by atoms with Crippen molar-refractivity contribution in [3.8, 4) is 11.5 Å². The molecule has 0 fully saturated rings. The van der Waals surface area contributed by atoms with Crippen LogP contribution in [0, 0.1) is 11.8 Å². The molecule has 43 heavy (non-hydrogen) atoms. The number of hydrogen-bond acceptors (Lipinski definition) is 10. The van der Waals surface area contributed by atoms with Crippen LogP contribution in [0.3, 0.4) is 0 Å². The summed E-state index contributed by atoms with van der Waals surface area (Å²) < 4.78 is 16.5. The van der Waals surface area contributed by atoms with Crippen LogP contribution in [0.25, 0.3) is 0 Å². The molecule has 1 aromatic rings. The molecule has 2 amide bonds. The summed E-state index contributed by atoms with van der Waals surface area (Å²) in [7, 11) is 2.89. The zero-order chi connectivity index (χ0) is 32.4. The Bertz CT molecular complexity index is 1240. The second kappa shape index (κ2) is 16.1. The van der Waals surface area contributed by atoms with E-state index in [0.717, 1.165) is 11.1 Å². The molecule has 12 nitrogen and oxygen atoms in total. The molecule has 238 valence electrons. The van der Waals surface area contributed by atoms with E-state index in [9.17, 15) is 30.1 Å². The van der Waals surface area contributed by atoms with E-state index >= 15 is 0 Å². The lowest BCUT2D eigenvalue weighted by molar-refractivity contribution is -0.268. The first-order valence-electron chi connectivity index (χ1n) is 13.9. The number of fused-ring (bicyclic) bond motifs is 2. The molecule has 0 radical (unpaired) electrons. The van der Waals surface area contributed by atoms with E-state index in [0.29, 0.717) is 12.0 Å². The fourth-order valence-electron chi connectivity index (χ4n) is 5.08. The van der Waals surface area contributed by atoms with Gasteiger partial charge in [-0.15, -0.1) is 6.58 Å². The number of aromatic hydroxyl groups is 1. The number of nitrogens with one attached hydrogen (secondary N) is 1. The Kier molecular flexibility index (Phi) is 13.3. The molecular weight excluding hydrogens is 558 g/mol. The molecule has 12 heteroatoms. The molecule has 1 aliphatic heterocycles. The first-order chi connectivity index (χ1) is 20.2. The summed E-state index contributed by atoms with van der Waals surface area (Å²) in [5.74, 6) is -2.35. The number of methoxy groups -OCH3 is 2. The number of phenols is 1. The number of hydrogen-bond donors (Lipinski definition) is 5. The number of phenolic OH excluding ortho intramolecular Hbond substituents is 1. The number of ether oxygens (including phenoxy) is 3. The van der Waals surface area contributed by atoms with E-state index in [1.54, 1.807) is 26.0 Å². The normalized spacial score (nSPS) is 28.9. The van der Waals surface area contributed by atoms with Gasteiger partial charge < -0.3 is 40.6 Å². The summed E-state index contributed by atoms with van der Waals surface area (Å²) in [4.78, 5) is 24.7. The van der Waals surface area contributed by atoms with Gasteiger partial charge in [-0.1, -0.05) is 50.0 Å². The first kappa shape index (κ1) is 35.4. The van der Waals surface area contributed by atoms with Crippen molar-refractivity contribution in [1.82, 2.24) is 0 Å². The average Bonchev–Trinajstić information content (AvgIpc) is 2.94. The highest BCUT2D eigenvalue weighted by Gasteiger charge is 2.30. The molecule has 0 saturated carbocycles. The van der Waals surface area contributed by atoms with Crippen molar-refractivity contribution in [1.29, 1.82) is 0 Å². The van der Waals surface area contributed by atoms with Crippen LogP contribution in [0.2, 0.25) is 0 Å². The van der Waals surface area contributed by atoms with E-state index in [-0.39, 0.29) is 41.4 Å². The molecule has 1 aliphatic rings. The van der Waals surface area contributed by atoms with Gasteiger partial charge in [-0.2, -0.15) is 0 Å². The van der Waals surface area contributed by atoms with Gasteiger partial charge in [0.25, 0.3) is 5.91 Å². The number of nitrogens with zero attached hydrogens (tertiary/aromatic N) is 1. The molecule has 1 aromatic carbocycles. The Labute approximate surface area is 252 Å². The first-order valence-corrected chi connectivity index (χ1v) is 13.9. The number of carbonyl (C=O) groups excluding carboxylic acids is 2. The Hall–Kier alpha value is -3.84. The fraction of sp³-hybridized carbons (Fsp3) is 0.484. The van der Waals surface area contributed by atoms with Gasteiger partial charge in [-0.25, -0.2) is 9.86 Å². The van der Waals surface area contributed by atoms with Crippen molar-refractivity contribution in [2.24, 2.45) is 17.6 Å². The highest BCUT2D eigenvalue weighted by Crippen LogP contribution is 2.42. The number of aliphatic hydroxyl groups is 1. The predicted molar refractivity (Wildman–Crippen MR) is 161 cm³/mol. The zero-order valence-electron chi connectivity index (χ0n) is 25.6. The lowest BCUT2D eigenvalue weighted by Crippen LogP contribution is -2.37. The largest absolute Gasteiger partial charge is 0.871 e. The minimum Gasteiger partial charge on any atom is -0.871 e. The highest BCUT2D eigenvalue weighted by molar-refractivity contribution is 6.04. The Balaban J connectivity index is 2.71. The molecule has 6 atom stereocenters. The SMILES string of the molecule is C=CCN(O)c1c(O)cc2c([O-])c1C[C@@H](C)C[C@H](OC)C(O)[C@@H](C)/C=C(\C)C(OC(N)=O)C(OC)/C=C\C=C(/C)C(=O)N2. The minimum absolute atomic E-state index is 0.0696. The van der Waals surface area contributed by atoms with Crippen molar-refractivity contribution in [2.75, 3.05) is 31.1 Å². The summed E-state index contributed by atoms with van der Waals surface area (Å²) in [5.41, 5.74) is 5.94. The molecule has 0 aromatic heterocycles. The van der Waals surface area contributed by atoms with E-state index < -0.39 is 53.8 Å². The third-order valence-electron chi connectivity index (χ3n) is 7.34. The summed E-state index contributed by atoms with van der Waals surface area (Å²) in [6.07, 6.45) is 3.70. The van der Waals surface area contributed by atoms with Crippen molar-refractivity contribution >= 4 is 23.4 Å². The topological polar surface area (TPSA) is 187 Å². The second-order valence-corrected chi connectivity index (χ2v) is 10.8. The number of nitrogens with two attached hydrogens (primary N) is 1. The van der Waals surface area contributed by atoms with E-state index in [4.69, 9.17) is 19.9 Å². The molecule has 0 saturated heterocycles. The van der Waals surface area contributed by atoms with Gasteiger partial charge in [0, 0.05) is 37.5 Å². The standard InChI is InChI=1S/C31H45N3O9/c1-8-12-34(40)26-21-13-17(2)14-25(42-7)27(36)19(4)15-20(5)29(43-31(32)39)24(41-6)11-9-10-18(3)30(38)33-22(28(21)37)16-23(26)35/h8-11,15-17,19,24-25,27,29,35-37,40H,1,12-14H2,2-7H3,(H2,32,39)(H,33,38)/p-1/b11-9-,18-10+,20-15+/t17-,19+,24?,25+,27?,29?/m1/s1. The van der Waals surface area contributed by atoms with Gasteiger partial charge in [0.15, 0.2) is 6.10 Å². The lowest BCUT2D eigenvalue weighted by atomic mass is 9.87. The number of aliphatic hydroxyl groups excluding tert-OH is 1. The fourth-order valence-corrected chi connectivity index (χ4v) is 5.08. The summed E-state index contributed by atoms with van der Waals surface area (Å²) in [6.45, 7) is 10.4. The monoisotopic (exact) mass is 602 g/mol. The third-order valence-corrected chi connectivity index (χ3v) is 7.34. The summed E-state index contributed by atoms with van der Waals surface area (Å²) in [6, 6.07) is 1.09. The van der Waals surface area contributed by atoms with Crippen LogP contribution in [0.5, 0.6) is 11.5 Å². The van der Waals surface area contributed by atoms with Gasteiger partial charge in [0.1, 0.15) is 17.5 Å². The van der Waals surface area contributed by atoms with Crippen LogP contribution in [-0.4, -0.2) is 72.6 Å². The van der Waals surface area contributed by atoms with Crippen molar-refractivity contribution in [3.05, 3.63) is 59.7 Å². The Morgan fingerprint density at radius 1 is 1.28 bits per heavy atom. The third kappa shape index (κ3) is 9.32. The molecular formula is C31H44N3O9-. The molecule has 0 spiro atoms. The van der Waals surface area contributed by atoms with Gasteiger partial charge in [-0.3, -0.25) is 10.0 Å². The number of anilines is 2. The average molecular weight is 603 g/mol. The zero-order valence-corrected chi connectivity index (χ0v) is 25.6. The van der Waals surface area contributed by atoms with Crippen LogP contribution in [0.4, 0.5) is 16.2 Å². The van der Waals surface area contributed by atoms with Gasteiger partial charge in [0.05, 0.1) is 18.8 Å². The van der Waals surface area contributed by atoms with Crippen molar-refractivity contribution < 1.29 is 44.3 Å². The summed E-state index contributed by atoms with van der Waals surface area (Å²) in [5, 5.41) is 49.6. The molecule has 1 heterocycles. The lowest BCUT2D eigenvalue weighted by Gasteiger charge is -2.31. The number of amides is 2. The van der Waals surface area contributed by atoms with Crippen LogP contribution in [0.15, 0.2) is 54.2 Å². The van der Waals surface area contributed by atoms with Crippen molar-refractivity contribution in [3.63, 3.8) is 0 Å². The number of benzene rings is 1. The molecule has 3 unspecified atom stereocenters. The highest BCUT2D eigenvalue weighted by atomic mass is 16.6. The number of rotatable bonds is 6. The molecule has 6 N–H and O–H groups in total. The molecule has 0 aliphatic carbocycles. The predicted octanol–water partition coefficient (Wildman–Crippen LogP) is 3.31. The minimum atomic E-state index is -1.01. The van der Waals surface area contributed by atoms with E-state index in [2.05, 4.69) is 11.9 Å². The molecule has 2 bridgehead atoms. The second-order valence-electron chi connectivity index (χ2n) is 10.8. The number of hydroxylamine groups is 1. The quantitative estimate of drug-likeness (QED) is 0.239. The van der Waals surface area contributed by atoms with Gasteiger partial charge in [-0.05, 0) is 43.7 Å². The van der Waals surface area contributed by atoms with Gasteiger partial charge in [0.2, 0.25) is 0 Å². The van der Waals surface area contributed by atoms with E-state index in [1.165, 1.54) is 39.4 Å². The maximum Gasteiger partial charge on any atom is 0.405 e. The molecule has 2 rings (SSSR count). The van der Waals surface area contributed by atoms with Crippen LogP contribution >= 0.6 is 0 Å². The van der Waals surface area contributed by atoms with Crippen molar-refractivity contribution in [2.45, 2.75) is 65.0 Å². The van der Waals surface area contributed by atoms with Crippen LogP contribution < -0.4 is 21.2 Å². The maximum absolute atomic E-state index is 13.6. The maximum atomic E-state index is 13.6. The van der Waals surface area contributed by atoms with Crippen LogP contribution in [0.1, 0.15) is 39.7 Å². The number of carbonyl (C=O) groups is 2. The van der Waals surface area contributed by atoms with E-state index in [1.807, 2.05) is 6.92 Å². The summed E-state index contributed by atoms with van der Waals surface area (Å²) >= 11 is 0.